The van der Waals surface area contributed by atoms with E-state index in [-0.39, 0.29) is 0 Å². The van der Waals surface area contributed by atoms with E-state index in [0.29, 0.717) is 17.4 Å². The molecule has 17 heavy (non-hydrogen) atoms. The SMILES string of the molecule is CC(CNC1CSc2ccccc21)C(C)(C)C. The van der Waals surface area contributed by atoms with E-state index in [1.807, 2.05) is 11.8 Å². The molecule has 1 aromatic rings. The maximum Gasteiger partial charge on any atom is 0.0426 e. The van der Waals surface area contributed by atoms with Gasteiger partial charge in [0.15, 0.2) is 0 Å². The number of benzene rings is 1. The summed E-state index contributed by atoms with van der Waals surface area (Å²) in [5, 5.41) is 3.72. The summed E-state index contributed by atoms with van der Waals surface area (Å²) in [6.07, 6.45) is 0. The van der Waals surface area contributed by atoms with Gasteiger partial charge in [0, 0.05) is 16.7 Å². The van der Waals surface area contributed by atoms with Crippen molar-refractivity contribution in [2.75, 3.05) is 12.3 Å². The number of rotatable bonds is 3. The van der Waals surface area contributed by atoms with Crippen LogP contribution in [0.4, 0.5) is 0 Å². The van der Waals surface area contributed by atoms with E-state index in [0.717, 1.165) is 6.54 Å². The average molecular weight is 249 g/mol. The first-order valence-electron chi connectivity index (χ1n) is 6.43. The van der Waals surface area contributed by atoms with Crippen LogP contribution < -0.4 is 5.32 Å². The van der Waals surface area contributed by atoms with Crippen molar-refractivity contribution in [3.8, 4) is 0 Å². The molecular weight excluding hydrogens is 226 g/mol. The summed E-state index contributed by atoms with van der Waals surface area (Å²) >= 11 is 1.97. The lowest BCUT2D eigenvalue weighted by atomic mass is 9.82. The summed E-state index contributed by atoms with van der Waals surface area (Å²) in [6, 6.07) is 9.31. The zero-order valence-electron chi connectivity index (χ0n) is 11.3. The molecule has 2 unspecified atom stereocenters. The van der Waals surface area contributed by atoms with Crippen LogP contribution in [0.1, 0.15) is 39.3 Å². The molecule has 2 rings (SSSR count). The lowest BCUT2D eigenvalue weighted by Crippen LogP contribution is -2.32. The first-order chi connectivity index (χ1) is 7.98. The third-order valence-corrected chi connectivity index (χ3v) is 5.03. The largest absolute Gasteiger partial charge is 0.309 e. The predicted octanol–water partition coefficient (Wildman–Crippen LogP) is 4.11. The zero-order valence-corrected chi connectivity index (χ0v) is 12.1. The highest BCUT2D eigenvalue weighted by Crippen LogP contribution is 2.38. The lowest BCUT2D eigenvalue weighted by Gasteiger charge is -2.28. The van der Waals surface area contributed by atoms with Crippen molar-refractivity contribution < 1.29 is 0 Å². The Morgan fingerprint density at radius 3 is 2.76 bits per heavy atom. The van der Waals surface area contributed by atoms with Gasteiger partial charge in [0.05, 0.1) is 0 Å². The molecule has 1 aliphatic rings. The van der Waals surface area contributed by atoms with E-state index in [2.05, 4.69) is 57.3 Å². The van der Waals surface area contributed by atoms with Gasteiger partial charge in [-0.25, -0.2) is 0 Å². The second-order valence-corrected chi connectivity index (χ2v) is 7.14. The molecule has 2 heteroatoms. The van der Waals surface area contributed by atoms with Gasteiger partial charge in [-0.05, 0) is 29.5 Å². The zero-order chi connectivity index (χ0) is 12.5. The fourth-order valence-corrected chi connectivity index (χ4v) is 3.15. The monoisotopic (exact) mass is 249 g/mol. The quantitative estimate of drug-likeness (QED) is 0.865. The summed E-state index contributed by atoms with van der Waals surface area (Å²) < 4.78 is 0. The summed E-state index contributed by atoms with van der Waals surface area (Å²) in [4.78, 5) is 1.45. The van der Waals surface area contributed by atoms with Gasteiger partial charge in [0.2, 0.25) is 0 Å². The van der Waals surface area contributed by atoms with E-state index in [1.54, 1.807) is 0 Å². The maximum atomic E-state index is 3.72. The van der Waals surface area contributed by atoms with E-state index in [4.69, 9.17) is 0 Å². The van der Waals surface area contributed by atoms with Crippen molar-refractivity contribution in [3.63, 3.8) is 0 Å². The molecule has 0 spiro atoms. The molecule has 94 valence electrons. The molecule has 1 heterocycles. The van der Waals surface area contributed by atoms with E-state index in [1.165, 1.54) is 16.2 Å². The highest BCUT2D eigenvalue weighted by molar-refractivity contribution is 7.99. The van der Waals surface area contributed by atoms with Gasteiger partial charge in [-0.15, -0.1) is 11.8 Å². The van der Waals surface area contributed by atoms with Crippen LogP contribution in [0.25, 0.3) is 0 Å². The van der Waals surface area contributed by atoms with Gasteiger partial charge in [-0.2, -0.15) is 0 Å². The van der Waals surface area contributed by atoms with Gasteiger partial charge in [-0.1, -0.05) is 45.9 Å². The maximum absolute atomic E-state index is 3.72. The standard InChI is InChI=1S/C15H23NS/c1-11(15(2,3)4)9-16-13-10-17-14-8-6-5-7-12(13)14/h5-8,11,13,16H,9-10H2,1-4H3. The molecule has 0 saturated carbocycles. The van der Waals surface area contributed by atoms with Crippen molar-refractivity contribution in [3.05, 3.63) is 29.8 Å². The second kappa shape index (κ2) is 5.03. The molecule has 1 aliphatic heterocycles. The summed E-state index contributed by atoms with van der Waals surface area (Å²) in [6.45, 7) is 10.4. The third-order valence-electron chi connectivity index (χ3n) is 3.85. The molecular formula is C15H23NS. The predicted molar refractivity (Wildman–Crippen MR) is 76.5 cm³/mol. The number of thioether (sulfide) groups is 1. The smallest absolute Gasteiger partial charge is 0.0426 e. The van der Waals surface area contributed by atoms with E-state index < -0.39 is 0 Å². The molecule has 0 bridgehead atoms. The molecule has 1 nitrogen and oxygen atoms in total. The van der Waals surface area contributed by atoms with Gasteiger partial charge < -0.3 is 5.32 Å². The van der Waals surface area contributed by atoms with Crippen LogP contribution >= 0.6 is 11.8 Å². The highest BCUT2D eigenvalue weighted by atomic mass is 32.2. The number of fused-ring (bicyclic) bond motifs is 1. The Bertz CT molecular complexity index is 381. The topological polar surface area (TPSA) is 12.0 Å². The molecule has 0 amide bonds. The Balaban J connectivity index is 1.94. The molecule has 0 aromatic heterocycles. The Labute approximate surface area is 109 Å². The highest BCUT2D eigenvalue weighted by Gasteiger charge is 2.25. The second-order valence-electron chi connectivity index (χ2n) is 6.08. The van der Waals surface area contributed by atoms with Crippen LogP contribution in [-0.4, -0.2) is 12.3 Å². The van der Waals surface area contributed by atoms with Crippen molar-refractivity contribution in [2.45, 2.75) is 38.6 Å². The molecule has 1 aromatic carbocycles. The van der Waals surface area contributed by atoms with Gasteiger partial charge in [0.25, 0.3) is 0 Å². The molecule has 0 saturated heterocycles. The molecule has 0 aliphatic carbocycles. The number of hydrogen-bond donors (Lipinski definition) is 1. The van der Waals surface area contributed by atoms with Crippen molar-refractivity contribution in [1.29, 1.82) is 0 Å². The minimum atomic E-state index is 0.387. The lowest BCUT2D eigenvalue weighted by molar-refractivity contribution is 0.247. The van der Waals surface area contributed by atoms with Crippen LogP contribution in [0.5, 0.6) is 0 Å². The van der Waals surface area contributed by atoms with E-state index in [9.17, 15) is 0 Å². The Hall–Kier alpha value is -0.470. The van der Waals surface area contributed by atoms with Crippen LogP contribution in [-0.2, 0) is 0 Å². The number of nitrogens with one attached hydrogen (secondary N) is 1. The summed E-state index contributed by atoms with van der Waals surface area (Å²) in [5.41, 5.74) is 1.87. The minimum absolute atomic E-state index is 0.387. The van der Waals surface area contributed by atoms with Crippen molar-refractivity contribution >= 4 is 11.8 Å². The van der Waals surface area contributed by atoms with Crippen molar-refractivity contribution in [2.24, 2.45) is 11.3 Å². The normalized spacial score (nSPS) is 21.3. The fraction of sp³-hybridized carbons (Fsp3) is 0.600. The first kappa shape index (κ1) is 13.0. The average Bonchev–Trinajstić information content (AvgIpc) is 2.68. The number of hydrogen-bond acceptors (Lipinski definition) is 2. The first-order valence-corrected chi connectivity index (χ1v) is 7.42. The van der Waals surface area contributed by atoms with E-state index >= 15 is 0 Å². The van der Waals surface area contributed by atoms with Crippen LogP contribution in [0.2, 0.25) is 0 Å². The minimum Gasteiger partial charge on any atom is -0.309 e. The van der Waals surface area contributed by atoms with Crippen LogP contribution in [0.3, 0.4) is 0 Å². The van der Waals surface area contributed by atoms with Crippen LogP contribution in [0, 0.1) is 11.3 Å². The van der Waals surface area contributed by atoms with Gasteiger partial charge in [0.1, 0.15) is 0 Å². The third kappa shape index (κ3) is 3.05. The summed E-state index contributed by atoms with van der Waals surface area (Å²) in [5.74, 6) is 1.87. The molecule has 2 atom stereocenters. The molecule has 1 N–H and O–H groups in total. The Morgan fingerprint density at radius 2 is 2.06 bits per heavy atom. The molecule has 0 radical (unpaired) electrons. The Morgan fingerprint density at radius 1 is 1.35 bits per heavy atom. The van der Waals surface area contributed by atoms with Gasteiger partial charge >= 0.3 is 0 Å². The Kier molecular flexibility index (Phi) is 3.84. The van der Waals surface area contributed by atoms with Gasteiger partial charge in [-0.3, -0.25) is 0 Å². The van der Waals surface area contributed by atoms with Crippen LogP contribution in [0.15, 0.2) is 29.2 Å². The summed E-state index contributed by atoms with van der Waals surface area (Å²) in [7, 11) is 0. The molecule has 0 fully saturated rings. The fourth-order valence-electron chi connectivity index (χ4n) is 1.96. The van der Waals surface area contributed by atoms with Crippen molar-refractivity contribution in [1.82, 2.24) is 5.32 Å².